The molecule has 0 atom stereocenters. The van der Waals surface area contributed by atoms with Crippen molar-refractivity contribution >= 4 is 18.1 Å². The Kier molecular flexibility index (Phi) is 12.5. The molecule has 0 aliphatic rings. The monoisotopic (exact) mass is 198 g/mol. The summed E-state index contributed by atoms with van der Waals surface area (Å²) >= 11 is 3.83. The molecule has 1 N–H and O–H groups in total. The van der Waals surface area contributed by atoms with Crippen LogP contribution in [0.3, 0.4) is 0 Å². The number of thiocarbonyl (C=S) groups is 1. The van der Waals surface area contributed by atoms with E-state index in [4.69, 9.17) is 5.11 Å². The number of phenols is 1. The zero-order valence-corrected chi connectivity index (χ0v) is 9.40. The van der Waals surface area contributed by atoms with E-state index in [2.05, 4.69) is 25.0 Å². The molecule has 0 aliphatic carbocycles. The largest absolute Gasteiger partial charge is 0.508 e. The van der Waals surface area contributed by atoms with Gasteiger partial charge in [0.2, 0.25) is 0 Å². The smallest absolute Gasteiger partial charge is 0.115 e. The molecule has 0 unspecified atom stereocenters. The maximum absolute atomic E-state index is 8.85. The first-order chi connectivity index (χ1) is 6.33. The Labute approximate surface area is 86.4 Å². The van der Waals surface area contributed by atoms with Gasteiger partial charge in [-0.05, 0) is 30.0 Å². The van der Waals surface area contributed by atoms with Crippen LogP contribution >= 0.6 is 12.2 Å². The fraction of sp³-hybridized carbons (Fsp3) is 0.364. The molecule has 1 aromatic rings. The summed E-state index contributed by atoms with van der Waals surface area (Å²) in [5.74, 6) is 3.17. The summed E-state index contributed by atoms with van der Waals surface area (Å²) in [7, 11) is 0. The summed E-state index contributed by atoms with van der Waals surface area (Å²) < 4.78 is 0. The van der Waals surface area contributed by atoms with Crippen molar-refractivity contribution < 1.29 is 5.11 Å². The van der Waals surface area contributed by atoms with Crippen LogP contribution in [0.5, 0.6) is 5.75 Å². The summed E-state index contributed by atoms with van der Waals surface area (Å²) in [4.78, 5) is 0. The first kappa shape index (κ1) is 14.6. The molecule has 1 rings (SSSR count). The molecule has 74 valence electrons. The Bertz CT molecular complexity index is 194. The lowest BCUT2D eigenvalue weighted by Crippen LogP contribution is -1.75. The summed E-state index contributed by atoms with van der Waals surface area (Å²) in [6.07, 6.45) is 1.03. The van der Waals surface area contributed by atoms with Crippen LogP contribution in [0.25, 0.3) is 0 Å². The van der Waals surface area contributed by atoms with Gasteiger partial charge in [0.25, 0.3) is 0 Å². The Morgan fingerprint density at radius 2 is 1.54 bits per heavy atom. The van der Waals surface area contributed by atoms with E-state index in [0.29, 0.717) is 5.75 Å². The van der Waals surface area contributed by atoms with Crippen LogP contribution in [0.15, 0.2) is 24.3 Å². The van der Waals surface area contributed by atoms with Crippen LogP contribution in [0, 0.1) is 0 Å². The third-order valence-corrected chi connectivity index (χ3v) is 1.34. The molecule has 1 aromatic carbocycles. The van der Waals surface area contributed by atoms with Gasteiger partial charge >= 0.3 is 0 Å². The van der Waals surface area contributed by atoms with Gasteiger partial charge in [0, 0.05) is 0 Å². The van der Waals surface area contributed by atoms with Crippen LogP contribution in [0.1, 0.15) is 26.3 Å². The molecule has 0 fully saturated rings. The van der Waals surface area contributed by atoms with Gasteiger partial charge in [-0.2, -0.15) is 0 Å². The van der Waals surface area contributed by atoms with E-state index in [9.17, 15) is 0 Å². The van der Waals surface area contributed by atoms with Gasteiger partial charge < -0.3 is 5.11 Å². The van der Waals surface area contributed by atoms with E-state index >= 15 is 0 Å². The lowest BCUT2D eigenvalue weighted by Gasteiger charge is -1.93. The average Bonchev–Trinajstić information content (AvgIpc) is 2.25. The van der Waals surface area contributed by atoms with Crippen LogP contribution < -0.4 is 0 Å². The van der Waals surface area contributed by atoms with Crippen molar-refractivity contribution in [2.45, 2.75) is 27.2 Å². The number of phenolic OH excluding ortho intramolecular Hbond substituents is 1. The number of aromatic hydroxyl groups is 1. The number of aryl methyl sites for hydroxylation is 1. The highest BCUT2D eigenvalue weighted by Gasteiger charge is 1.86. The first-order valence-electron chi connectivity index (χ1n) is 4.39. The van der Waals surface area contributed by atoms with Crippen molar-refractivity contribution in [3.63, 3.8) is 0 Å². The average molecular weight is 198 g/mol. The summed E-state index contributed by atoms with van der Waals surface area (Å²) in [5, 5.41) is 8.85. The lowest BCUT2D eigenvalue weighted by molar-refractivity contribution is 0.475. The van der Waals surface area contributed by atoms with Crippen LogP contribution in [-0.2, 0) is 6.42 Å². The second-order valence-electron chi connectivity index (χ2n) is 2.02. The van der Waals surface area contributed by atoms with Gasteiger partial charge in [-0.25, -0.2) is 0 Å². The van der Waals surface area contributed by atoms with E-state index in [-0.39, 0.29) is 0 Å². The SMILES string of the molecule is C=S.CC.CCc1ccc(O)cc1. The quantitative estimate of drug-likeness (QED) is 0.696. The second kappa shape index (κ2) is 11.1. The molecule has 0 spiro atoms. The van der Waals surface area contributed by atoms with Gasteiger partial charge in [0.15, 0.2) is 0 Å². The molecule has 13 heavy (non-hydrogen) atoms. The van der Waals surface area contributed by atoms with Gasteiger partial charge in [0.1, 0.15) is 5.75 Å². The van der Waals surface area contributed by atoms with Crippen molar-refractivity contribution in [2.24, 2.45) is 0 Å². The molecule has 0 aliphatic heterocycles. The molecule has 0 aromatic heterocycles. The molecule has 0 amide bonds. The van der Waals surface area contributed by atoms with E-state index in [1.165, 1.54) is 5.56 Å². The van der Waals surface area contributed by atoms with Gasteiger partial charge in [0.05, 0.1) is 0 Å². The maximum Gasteiger partial charge on any atom is 0.115 e. The molecule has 1 nitrogen and oxygen atoms in total. The minimum absolute atomic E-state index is 0.340. The minimum Gasteiger partial charge on any atom is -0.508 e. The van der Waals surface area contributed by atoms with Crippen molar-refractivity contribution in [3.8, 4) is 5.75 Å². The highest BCUT2D eigenvalue weighted by molar-refractivity contribution is 7.77. The van der Waals surface area contributed by atoms with Crippen molar-refractivity contribution in [1.82, 2.24) is 0 Å². The van der Waals surface area contributed by atoms with Crippen molar-refractivity contribution in [2.75, 3.05) is 0 Å². The second-order valence-corrected chi connectivity index (χ2v) is 2.02. The Balaban J connectivity index is 0. The minimum atomic E-state index is 0.340. The van der Waals surface area contributed by atoms with Crippen LogP contribution in [-0.4, -0.2) is 11.0 Å². The zero-order valence-electron chi connectivity index (χ0n) is 8.58. The lowest BCUT2D eigenvalue weighted by atomic mass is 10.2. The van der Waals surface area contributed by atoms with Gasteiger partial charge in [-0.15, -0.1) is 0 Å². The predicted octanol–water partition coefficient (Wildman–Crippen LogP) is 3.60. The highest BCUT2D eigenvalue weighted by Crippen LogP contribution is 2.09. The van der Waals surface area contributed by atoms with E-state index in [1.807, 2.05) is 26.0 Å². The molecular formula is C11H18OS. The van der Waals surface area contributed by atoms with E-state index in [0.717, 1.165) is 6.42 Å². The number of hydrogen-bond donors (Lipinski definition) is 1. The molecule has 0 heterocycles. The molecule has 0 bridgehead atoms. The fourth-order valence-corrected chi connectivity index (χ4v) is 0.732. The zero-order chi connectivity index (χ0) is 10.7. The Morgan fingerprint density at radius 3 is 1.85 bits per heavy atom. The topological polar surface area (TPSA) is 20.2 Å². The third-order valence-electron chi connectivity index (χ3n) is 1.34. The predicted molar refractivity (Wildman–Crippen MR) is 63.5 cm³/mol. The van der Waals surface area contributed by atoms with Crippen LogP contribution in [0.4, 0.5) is 0 Å². The summed E-state index contributed by atoms with van der Waals surface area (Å²) in [5.41, 5.74) is 1.26. The molecule has 0 saturated carbocycles. The van der Waals surface area contributed by atoms with E-state index in [1.54, 1.807) is 12.1 Å². The Morgan fingerprint density at radius 1 is 1.15 bits per heavy atom. The van der Waals surface area contributed by atoms with Gasteiger partial charge in [-0.3, -0.25) is 0 Å². The molecule has 0 saturated heterocycles. The Hall–Kier alpha value is -0.890. The maximum atomic E-state index is 8.85. The standard InChI is InChI=1S/C8H10O.C2H6.CH2S/c1-2-7-3-5-8(9)6-4-7;2*1-2/h3-6,9H,2H2,1H3;1-2H3;1H2. The van der Waals surface area contributed by atoms with Gasteiger partial charge in [-0.1, -0.05) is 45.1 Å². The van der Waals surface area contributed by atoms with Crippen molar-refractivity contribution in [3.05, 3.63) is 29.8 Å². The molecular weight excluding hydrogens is 180 g/mol. The number of benzene rings is 1. The molecule has 0 radical (unpaired) electrons. The van der Waals surface area contributed by atoms with Crippen LogP contribution in [0.2, 0.25) is 0 Å². The number of rotatable bonds is 1. The fourth-order valence-electron chi connectivity index (χ4n) is 0.732. The number of hydrogen-bond acceptors (Lipinski definition) is 2. The summed E-state index contributed by atoms with van der Waals surface area (Å²) in [6.45, 7) is 6.09. The first-order valence-corrected chi connectivity index (χ1v) is 4.97. The molecule has 2 heteroatoms. The third kappa shape index (κ3) is 7.47. The highest BCUT2D eigenvalue weighted by atomic mass is 32.1. The van der Waals surface area contributed by atoms with Crippen molar-refractivity contribution in [1.29, 1.82) is 0 Å². The van der Waals surface area contributed by atoms with E-state index < -0.39 is 0 Å². The summed E-state index contributed by atoms with van der Waals surface area (Å²) in [6, 6.07) is 7.27. The normalized spacial score (nSPS) is 7.31.